The van der Waals surface area contributed by atoms with E-state index >= 15 is 0 Å². The molecule has 1 saturated heterocycles. The number of aliphatic hydroxyl groups excluding tert-OH is 1. The summed E-state index contributed by atoms with van der Waals surface area (Å²) in [5, 5.41) is 15.2. The van der Waals surface area contributed by atoms with Gasteiger partial charge in [-0.25, -0.2) is 4.98 Å². The Morgan fingerprint density at radius 3 is 2.75 bits per heavy atom. The lowest BCUT2D eigenvalue weighted by molar-refractivity contribution is -0.117. The number of carbonyl (C=O) groups excluding carboxylic acids is 1. The maximum Gasteiger partial charge on any atom is 0.241 e. The van der Waals surface area contributed by atoms with Gasteiger partial charge in [-0.05, 0) is 30.7 Å². The van der Waals surface area contributed by atoms with Gasteiger partial charge < -0.3 is 20.7 Å². The number of nitrogens with one attached hydrogen (secondary N) is 3. The van der Waals surface area contributed by atoms with Gasteiger partial charge in [0.2, 0.25) is 5.91 Å². The SMILES string of the molecule is O=C(Nc1ccc(-c2ncc[nH]2)cc1)C1CC(O)CN1. The Balaban J connectivity index is 1.65. The first kappa shape index (κ1) is 12.8. The second kappa shape index (κ2) is 5.44. The molecular formula is C14H16N4O2. The largest absolute Gasteiger partial charge is 0.392 e. The Morgan fingerprint density at radius 1 is 1.35 bits per heavy atom. The minimum Gasteiger partial charge on any atom is -0.392 e. The summed E-state index contributed by atoms with van der Waals surface area (Å²) in [6.45, 7) is 0.468. The Bertz CT molecular complexity index is 580. The van der Waals surface area contributed by atoms with Gasteiger partial charge in [0.15, 0.2) is 0 Å². The van der Waals surface area contributed by atoms with Gasteiger partial charge in [0, 0.05) is 30.2 Å². The number of nitrogens with zero attached hydrogens (tertiary/aromatic N) is 1. The summed E-state index contributed by atoms with van der Waals surface area (Å²) in [6.07, 6.45) is 3.48. The molecule has 104 valence electrons. The molecule has 2 atom stereocenters. The molecule has 0 radical (unpaired) electrons. The van der Waals surface area contributed by atoms with Crippen LogP contribution in [0.2, 0.25) is 0 Å². The molecule has 1 aliphatic heterocycles. The van der Waals surface area contributed by atoms with Gasteiger partial charge >= 0.3 is 0 Å². The van der Waals surface area contributed by atoms with Crippen molar-refractivity contribution in [3.8, 4) is 11.4 Å². The first-order valence-electron chi connectivity index (χ1n) is 6.54. The second-order valence-electron chi connectivity index (χ2n) is 4.85. The number of aliphatic hydroxyl groups is 1. The number of H-pyrrole nitrogens is 1. The number of aromatic nitrogens is 2. The highest BCUT2D eigenvalue weighted by molar-refractivity contribution is 5.95. The molecule has 0 bridgehead atoms. The first-order chi connectivity index (χ1) is 9.72. The normalized spacial score (nSPS) is 21.9. The van der Waals surface area contributed by atoms with Crippen LogP contribution in [0.4, 0.5) is 5.69 Å². The monoisotopic (exact) mass is 272 g/mol. The Labute approximate surface area is 116 Å². The van der Waals surface area contributed by atoms with Gasteiger partial charge in [-0.15, -0.1) is 0 Å². The van der Waals surface area contributed by atoms with Crippen LogP contribution in [0.25, 0.3) is 11.4 Å². The maximum atomic E-state index is 12.0. The number of benzene rings is 1. The molecule has 6 nitrogen and oxygen atoms in total. The number of amides is 1. The van der Waals surface area contributed by atoms with E-state index in [0.29, 0.717) is 13.0 Å². The number of hydrogen-bond acceptors (Lipinski definition) is 4. The molecule has 1 amide bonds. The fourth-order valence-corrected chi connectivity index (χ4v) is 2.28. The molecule has 2 aromatic rings. The molecular weight excluding hydrogens is 256 g/mol. The van der Waals surface area contributed by atoms with Crippen LogP contribution >= 0.6 is 0 Å². The summed E-state index contributed by atoms with van der Waals surface area (Å²) in [6, 6.07) is 7.13. The van der Waals surface area contributed by atoms with E-state index in [0.717, 1.165) is 17.1 Å². The lowest BCUT2D eigenvalue weighted by Gasteiger charge is -2.11. The van der Waals surface area contributed by atoms with Crippen LogP contribution < -0.4 is 10.6 Å². The number of β-amino-alcohol motifs (C(OH)–C–C–N with tert-alkyl or cyclic N) is 1. The van der Waals surface area contributed by atoms with Crippen molar-refractivity contribution in [2.75, 3.05) is 11.9 Å². The van der Waals surface area contributed by atoms with Crippen LogP contribution in [0.1, 0.15) is 6.42 Å². The standard InChI is InChI=1S/C14H16N4O2/c19-11-7-12(17-8-11)14(20)18-10-3-1-9(2-4-10)13-15-5-6-16-13/h1-6,11-12,17,19H,7-8H2,(H,15,16)(H,18,20). The van der Waals surface area contributed by atoms with Crippen molar-refractivity contribution in [3.05, 3.63) is 36.7 Å². The summed E-state index contributed by atoms with van der Waals surface area (Å²) >= 11 is 0. The Kier molecular flexibility index (Phi) is 3.49. The molecule has 1 aliphatic rings. The van der Waals surface area contributed by atoms with E-state index in [9.17, 15) is 9.90 Å². The van der Waals surface area contributed by atoms with Gasteiger partial charge in [-0.1, -0.05) is 0 Å². The summed E-state index contributed by atoms with van der Waals surface area (Å²) < 4.78 is 0. The molecule has 2 heterocycles. The number of imidazole rings is 1. The van der Waals surface area contributed by atoms with E-state index in [4.69, 9.17) is 0 Å². The molecule has 6 heteroatoms. The maximum absolute atomic E-state index is 12.0. The van der Waals surface area contributed by atoms with Crippen molar-refractivity contribution in [1.29, 1.82) is 0 Å². The van der Waals surface area contributed by atoms with Crippen molar-refractivity contribution in [2.24, 2.45) is 0 Å². The average molecular weight is 272 g/mol. The fraction of sp³-hybridized carbons (Fsp3) is 0.286. The molecule has 1 fully saturated rings. The van der Waals surface area contributed by atoms with Crippen molar-refractivity contribution >= 4 is 11.6 Å². The van der Waals surface area contributed by atoms with Gasteiger partial charge in [-0.3, -0.25) is 4.79 Å². The predicted molar refractivity (Wildman–Crippen MR) is 75.1 cm³/mol. The van der Waals surface area contributed by atoms with E-state index in [1.54, 1.807) is 12.4 Å². The summed E-state index contributed by atoms with van der Waals surface area (Å²) in [5.74, 6) is 0.677. The van der Waals surface area contributed by atoms with E-state index in [1.807, 2.05) is 24.3 Å². The quantitative estimate of drug-likeness (QED) is 0.663. The molecule has 0 aliphatic carbocycles. The van der Waals surface area contributed by atoms with Gasteiger partial charge in [0.25, 0.3) is 0 Å². The smallest absolute Gasteiger partial charge is 0.241 e. The molecule has 0 saturated carbocycles. The second-order valence-corrected chi connectivity index (χ2v) is 4.85. The number of carbonyl (C=O) groups is 1. The fourth-order valence-electron chi connectivity index (χ4n) is 2.28. The minimum absolute atomic E-state index is 0.118. The van der Waals surface area contributed by atoms with Crippen molar-refractivity contribution in [3.63, 3.8) is 0 Å². The minimum atomic E-state index is -0.438. The van der Waals surface area contributed by atoms with E-state index < -0.39 is 6.10 Å². The topological polar surface area (TPSA) is 90.0 Å². The highest BCUT2D eigenvalue weighted by atomic mass is 16.3. The average Bonchev–Trinajstić information content (AvgIpc) is 3.10. The number of rotatable bonds is 3. The van der Waals surface area contributed by atoms with Crippen LogP contribution in [-0.4, -0.2) is 39.7 Å². The molecule has 1 aromatic heterocycles. The van der Waals surface area contributed by atoms with Crippen LogP contribution in [0.5, 0.6) is 0 Å². The lowest BCUT2D eigenvalue weighted by atomic mass is 10.1. The molecule has 1 aromatic carbocycles. The number of anilines is 1. The molecule has 4 N–H and O–H groups in total. The van der Waals surface area contributed by atoms with Crippen LogP contribution in [0.3, 0.4) is 0 Å². The molecule has 20 heavy (non-hydrogen) atoms. The molecule has 2 unspecified atom stereocenters. The zero-order valence-electron chi connectivity index (χ0n) is 10.8. The van der Waals surface area contributed by atoms with Gasteiger partial charge in [0.1, 0.15) is 5.82 Å². The van der Waals surface area contributed by atoms with Crippen molar-refractivity contribution in [2.45, 2.75) is 18.6 Å². The predicted octanol–water partition coefficient (Wildman–Crippen LogP) is 0.738. The third kappa shape index (κ3) is 2.71. The van der Waals surface area contributed by atoms with Crippen LogP contribution in [0.15, 0.2) is 36.7 Å². The highest BCUT2D eigenvalue weighted by Crippen LogP contribution is 2.18. The molecule has 3 rings (SSSR count). The summed E-state index contributed by atoms with van der Waals surface area (Å²) in [7, 11) is 0. The van der Waals surface area contributed by atoms with E-state index in [2.05, 4.69) is 20.6 Å². The highest BCUT2D eigenvalue weighted by Gasteiger charge is 2.27. The van der Waals surface area contributed by atoms with Gasteiger partial charge in [0.05, 0.1) is 12.1 Å². The van der Waals surface area contributed by atoms with Crippen LogP contribution in [-0.2, 0) is 4.79 Å². The van der Waals surface area contributed by atoms with E-state index in [-0.39, 0.29) is 11.9 Å². The number of hydrogen-bond donors (Lipinski definition) is 4. The zero-order chi connectivity index (χ0) is 13.9. The van der Waals surface area contributed by atoms with Crippen molar-refractivity contribution < 1.29 is 9.90 Å². The Morgan fingerprint density at radius 2 is 2.15 bits per heavy atom. The summed E-state index contributed by atoms with van der Waals surface area (Å²) in [5.41, 5.74) is 1.69. The summed E-state index contributed by atoms with van der Waals surface area (Å²) in [4.78, 5) is 19.2. The van der Waals surface area contributed by atoms with E-state index in [1.165, 1.54) is 0 Å². The molecule has 0 spiro atoms. The Hall–Kier alpha value is -2.18. The first-order valence-corrected chi connectivity index (χ1v) is 6.54. The number of aromatic amines is 1. The lowest BCUT2D eigenvalue weighted by Crippen LogP contribution is -2.35. The third-order valence-corrected chi connectivity index (χ3v) is 3.35. The van der Waals surface area contributed by atoms with Gasteiger partial charge in [-0.2, -0.15) is 0 Å². The third-order valence-electron chi connectivity index (χ3n) is 3.35. The van der Waals surface area contributed by atoms with Crippen molar-refractivity contribution in [1.82, 2.24) is 15.3 Å². The van der Waals surface area contributed by atoms with Crippen LogP contribution in [0, 0.1) is 0 Å². The zero-order valence-corrected chi connectivity index (χ0v) is 10.8.